The van der Waals surface area contributed by atoms with E-state index in [1.54, 1.807) is 12.1 Å². The molecule has 1 rings (SSSR count). The van der Waals surface area contributed by atoms with Crippen LogP contribution in [-0.4, -0.2) is 5.78 Å². The zero-order valence-corrected chi connectivity index (χ0v) is 14.0. The summed E-state index contributed by atoms with van der Waals surface area (Å²) in [5, 5.41) is 27.3. The Morgan fingerprint density at radius 3 is 1.78 bits per heavy atom. The first-order valence-corrected chi connectivity index (χ1v) is 7.87. The minimum Gasteiger partial charge on any atom is -0.294 e. The molecule has 0 saturated heterocycles. The van der Waals surface area contributed by atoms with Gasteiger partial charge in [-0.1, -0.05) is 23.2 Å². The third-order valence-electron chi connectivity index (χ3n) is 3.81. The second kappa shape index (κ2) is 9.16. The second-order valence-corrected chi connectivity index (χ2v) is 6.03. The van der Waals surface area contributed by atoms with Crippen LogP contribution < -0.4 is 0 Å². The van der Waals surface area contributed by atoms with Gasteiger partial charge in [-0.2, -0.15) is 15.8 Å². The highest BCUT2D eigenvalue weighted by Gasteiger charge is 2.37. The van der Waals surface area contributed by atoms with Gasteiger partial charge in [-0.25, -0.2) is 0 Å². The van der Waals surface area contributed by atoms with Crippen molar-refractivity contribution in [3.63, 3.8) is 0 Å². The van der Waals surface area contributed by atoms with E-state index in [2.05, 4.69) is 0 Å². The largest absolute Gasteiger partial charge is 0.294 e. The highest BCUT2D eigenvalue weighted by Crippen LogP contribution is 2.39. The topological polar surface area (TPSA) is 88.4 Å². The van der Waals surface area contributed by atoms with E-state index < -0.39 is 5.41 Å². The summed E-state index contributed by atoms with van der Waals surface area (Å²) in [7, 11) is 0. The number of hydrogen-bond donors (Lipinski definition) is 0. The number of ketones is 1. The van der Waals surface area contributed by atoms with Gasteiger partial charge in [-0.3, -0.25) is 4.79 Å². The third kappa shape index (κ3) is 4.97. The van der Waals surface area contributed by atoms with Crippen LogP contribution in [0.4, 0.5) is 0 Å². The lowest BCUT2D eigenvalue weighted by Crippen LogP contribution is -2.31. The lowest BCUT2D eigenvalue weighted by atomic mass is 9.70. The Morgan fingerprint density at radius 2 is 1.39 bits per heavy atom. The Kier molecular flexibility index (Phi) is 7.56. The Morgan fingerprint density at radius 1 is 0.913 bits per heavy atom. The van der Waals surface area contributed by atoms with Crippen LogP contribution in [-0.2, 0) is 0 Å². The van der Waals surface area contributed by atoms with Crippen LogP contribution in [0.2, 0.25) is 10.0 Å². The van der Waals surface area contributed by atoms with Gasteiger partial charge in [0.05, 0.1) is 28.3 Å². The minimum absolute atomic E-state index is 0.184. The van der Waals surface area contributed by atoms with Crippen LogP contribution >= 0.6 is 23.2 Å². The second-order valence-electron chi connectivity index (χ2n) is 5.21. The summed E-state index contributed by atoms with van der Waals surface area (Å²) in [4.78, 5) is 13.0. The fourth-order valence-electron chi connectivity index (χ4n) is 2.54. The van der Waals surface area contributed by atoms with E-state index in [-0.39, 0.29) is 30.1 Å². The van der Waals surface area contributed by atoms with Crippen molar-refractivity contribution in [3.05, 3.63) is 33.8 Å². The quantitative estimate of drug-likeness (QED) is 0.613. The molecule has 0 atom stereocenters. The smallest absolute Gasteiger partial charge is 0.169 e. The molecule has 0 saturated carbocycles. The summed E-state index contributed by atoms with van der Waals surface area (Å²) in [6.45, 7) is 0. The zero-order valence-electron chi connectivity index (χ0n) is 12.5. The van der Waals surface area contributed by atoms with Crippen molar-refractivity contribution in [1.82, 2.24) is 0 Å². The summed E-state index contributed by atoms with van der Waals surface area (Å²) >= 11 is 11.9. The highest BCUT2D eigenvalue weighted by atomic mass is 35.5. The zero-order chi connectivity index (χ0) is 17.3. The maximum atomic E-state index is 13.0. The maximum Gasteiger partial charge on any atom is 0.169 e. The molecular weight excluding hydrogens is 333 g/mol. The SMILES string of the molecule is N#CCCC(CCC#N)(CCC#N)C(=O)c1ccc(Cl)c(Cl)c1. The molecule has 0 fully saturated rings. The Labute approximate surface area is 145 Å². The number of hydrogen-bond acceptors (Lipinski definition) is 4. The molecule has 0 spiro atoms. The first-order valence-electron chi connectivity index (χ1n) is 7.11. The fraction of sp³-hybridized carbons (Fsp3) is 0.412. The number of nitriles is 3. The summed E-state index contributed by atoms with van der Waals surface area (Å²) < 4.78 is 0. The first kappa shape index (κ1) is 19.0. The van der Waals surface area contributed by atoms with E-state index in [0.29, 0.717) is 29.8 Å². The highest BCUT2D eigenvalue weighted by molar-refractivity contribution is 6.42. The van der Waals surface area contributed by atoms with Gasteiger partial charge in [0.25, 0.3) is 0 Å². The van der Waals surface area contributed by atoms with Crippen LogP contribution in [0, 0.1) is 39.4 Å². The molecule has 0 aliphatic rings. The van der Waals surface area contributed by atoms with Gasteiger partial charge in [-0.05, 0) is 37.5 Å². The van der Waals surface area contributed by atoms with Gasteiger partial charge in [0.15, 0.2) is 5.78 Å². The van der Waals surface area contributed by atoms with Crippen LogP contribution in [0.15, 0.2) is 18.2 Å². The van der Waals surface area contributed by atoms with Crippen molar-refractivity contribution >= 4 is 29.0 Å². The van der Waals surface area contributed by atoms with E-state index in [4.69, 9.17) is 39.0 Å². The van der Waals surface area contributed by atoms with E-state index in [1.807, 2.05) is 18.2 Å². The molecule has 1 aromatic carbocycles. The summed E-state index contributed by atoms with van der Waals surface area (Å²) in [5.41, 5.74) is -0.522. The van der Waals surface area contributed by atoms with Crippen molar-refractivity contribution in [3.8, 4) is 18.2 Å². The molecule has 0 bridgehead atoms. The average Bonchev–Trinajstić information content (AvgIpc) is 2.56. The molecule has 0 N–H and O–H groups in total. The Hall–Kier alpha value is -2.06. The number of carbonyl (C=O) groups excluding carboxylic acids is 1. The molecule has 1 aromatic rings. The molecule has 0 aliphatic heterocycles. The molecular formula is C17H15Cl2N3O. The molecule has 23 heavy (non-hydrogen) atoms. The van der Waals surface area contributed by atoms with E-state index in [0.717, 1.165) is 0 Å². The molecule has 0 radical (unpaired) electrons. The molecule has 6 heteroatoms. The van der Waals surface area contributed by atoms with Crippen LogP contribution in [0.1, 0.15) is 48.9 Å². The summed E-state index contributed by atoms with van der Waals surface area (Å²) in [6.07, 6.45) is 1.49. The van der Waals surface area contributed by atoms with Gasteiger partial charge >= 0.3 is 0 Å². The van der Waals surface area contributed by atoms with Crippen molar-refractivity contribution in [2.24, 2.45) is 5.41 Å². The van der Waals surface area contributed by atoms with Gasteiger partial charge in [0.1, 0.15) is 0 Å². The number of carbonyl (C=O) groups is 1. The summed E-state index contributed by atoms with van der Waals surface area (Å²) in [5.74, 6) is -0.197. The molecule has 0 aliphatic carbocycles. The number of halogens is 2. The molecule has 0 amide bonds. The van der Waals surface area contributed by atoms with Crippen LogP contribution in [0.25, 0.3) is 0 Å². The predicted molar refractivity (Wildman–Crippen MR) is 87.8 cm³/mol. The predicted octanol–water partition coefficient (Wildman–Crippen LogP) is 5.07. The lowest BCUT2D eigenvalue weighted by molar-refractivity contribution is 0.0746. The molecule has 118 valence electrons. The minimum atomic E-state index is -0.904. The normalized spacial score (nSPS) is 10.4. The maximum absolute atomic E-state index is 13.0. The van der Waals surface area contributed by atoms with Gasteiger partial charge in [0.2, 0.25) is 0 Å². The molecule has 4 nitrogen and oxygen atoms in total. The lowest BCUT2D eigenvalue weighted by Gasteiger charge is -2.30. The fourth-order valence-corrected chi connectivity index (χ4v) is 2.84. The number of Topliss-reactive ketones (excluding diaryl/α,β-unsaturated/α-hetero) is 1. The monoisotopic (exact) mass is 347 g/mol. The van der Waals surface area contributed by atoms with Gasteiger partial charge in [0, 0.05) is 30.2 Å². The van der Waals surface area contributed by atoms with Gasteiger partial charge in [-0.15, -0.1) is 0 Å². The average molecular weight is 348 g/mol. The molecule has 0 aromatic heterocycles. The number of benzene rings is 1. The van der Waals surface area contributed by atoms with E-state index in [1.165, 1.54) is 6.07 Å². The van der Waals surface area contributed by atoms with Crippen molar-refractivity contribution in [1.29, 1.82) is 15.8 Å². The standard InChI is InChI=1S/C17H15Cl2N3O/c18-14-5-4-13(12-15(14)19)16(23)17(6-1-9-20,7-2-10-21)8-3-11-22/h4-5,12H,1-3,6-8H2. The van der Waals surface area contributed by atoms with Crippen molar-refractivity contribution in [2.75, 3.05) is 0 Å². The van der Waals surface area contributed by atoms with Crippen molar-refractivity contribution < 1.29 is 4.79 Å². The third-order valence-corrected chi connectivity index (χ3v) is 4.55. The van der Waals surface area contributed by atoms with Crippen LogP contribution in [0.5, 0.6) is 0 Å². The van der Waals surface area contributed by atoms with E-state index >= 15 is 0 Å². The summed E-state index contributed by atoms with van der Waals surface area (Å²) in [6, 6.07) is 10.7. The van der Waals surface area contributed by atoms with Gasteiger partial charge < -0.3 is 0 Å². The molecule has 0 heterocycles. The number of nitrogens with zero attached hydrogens (tertiary/aromatic N) is 3. The molecule has 0 unspecified atom stereocenters. The Bertz CT molecular complexity index is 650. The van der Waals surface area contributed by atoms with Crippen molar-refractivity contribution in [2.45, 2.75) is 38.5 Å². The van der Waals surface area contributed by atoms with Crippen LogP contribution in [0.3, 0.4) is 0 Å². The Balaban J connectivity index is 3.25. The first-order chi connectivity index (χ1) is 11.0. The number of rotatable bonds is 8. The van der Waals surface area contributed by atoms with E-state index in [9.17, 15) is 4.79 Å².